The highest BCUT2D eigenvalue weighted by Gasteiger charge is 2.37. The second kappa shape index (κ2) is 5.41. The molecule has 2 aromatic heterocycles. The molecule has 1 aliphatic heterocycles. The summed E-state index contributed by atoms with van der Waals surface area (Å²) in [7, 11) is 0. The summed E-state index contributed by atoms with van der Waals surface area (Å²) in [6.45, 7) is 3.00. The zero-order valence-corrected chi connectivity index (χ0v) is 13.2. The average molecular weight is 297 g/mol. The second-order valence-electron chi connectivity index (χ2n) is 6.82. The number of imidazole rings is 1. The molecule has 1 saturated carbocycles. The number of pyridine rings is 1. The van der Waals surface area contributed by atoms with E-state index >= 15 is 0 Å². The van der Waals surface area contributed by atoms with Crippen LogP contribution in [0.2, 0.25) is 0 Å². The number of aromatic nitrogens is 2. The summed E-state index contributed by atoms with van der Waals surface area (Å²) < 4.78 is 2.02. The zero-order valence-electron chi connectivity index (χ0n) is 13.2. The number of rotatable bonds is 2. The molecular formula is C18H23N3O. The third-order valence-corrected chi connectivity index (χ3v) is 5.39. The van der Waals surface area contributed by atoms with Crippen LogP contribution in [0.15, 0.2) is 24.5 Å². The van der Waals surface area contributed by atoms with Crippen molar-refractivity contribution in [2.75, 3.05) is 6.54 Å². The van der Waals surface area contributed by atoms with E-state index in [9.17, 15) is 4.79 Å². The van der Waals surface area contributed by atoms with Gasteiger partial charge in [-0.05, 0) is 43.7 Å². The molecular weight excluding hydrogens is 274 g/mol. The van der Waals surface area contributed by atoms with Crippen LogP contribution in [0.4, 0.5) is 0 Å². The van der Waals surface area contributed by atoms with Crippen LogP contribution in [0.25, 0.3) is 5.65 Å². The maximum absolute atomic E-state index is 12.7. The number of hydrogen-bond donors (Lipinski definition) is 0. The molecule has 1 aliphatic carbocycles. The van der Waals surface area contributed by atoms with Gasteiger partial charge < -0.3 is 9.30 Å². The molecule has 0 aromatic carbocycles. The molecule has 1 saturated heterocycles. The number of aryl methyl sites for hydroxylation is 1. The van der Waals surface area contributed by atoms with Gasteiger partial charge in [-0.1, -0.05) is 18.9 Å². The molecule has 0 unspecified atom stereocenters. The maximum atomic E-state index is 12.7. The van der Waals surface area contributed by atoms with Crippen LogP contribution in [-0.2, 0) is 11.2 Å². The normalized spacial score (nSPS) is 24.7. The summed E-state index contributed by atoms with van der Waals surface area (Å²) in [5.74, 6) is 1.01. The van der Waals surface area contributed by atoms with Gasteiger partial charge in [0.2, 0.25) is 5.91 Å². The third kappa shape index (κ3) is 2.31. The highest BCUT2D eigenvalue weighted by Crippen LogP contribution is 2.36. The number of hydrogen-bond acceptors (Lipinski definition) is 2. The molecule has 1 amide bonds. The van der Waals surface area contributed by atoms with Crippen LogP contribution in [-0.4, -0.2) is 32.8 Å². The Hall–Kier alpha value is -1.84. The van der Waals surface area contributed by atoms with Gasteiger partial charge in [0, 0.05) is 25.0 Å². The first-order chi connectivity index (χ1) is 10.7. The number of amides is 1. The molecule has 22 heavy (non-hydrogen) atoms. The summed E-state index contributed by atoms with van der Waals surface area (Å²) in [4.78, 5) is 19.5. The van der Waals surface area contributed by atoms with Gasteiger partial charge in [-0.15, -0.1) is 0 Å². The van der Waals surface area contributed by atoms with Crippen molar-refractivity contribution in [2.24, 2.45) is 5.92 Å². The fourth-order valence-corrected chi connectivity index (χ4v) is 4.26. The zero-order chi connectivity index (χ0) is 15.1. The lowest BCUT2D eigenvalue weighted by molar-refractivity contribution is -0.132. The molecule has 0 N–H and O–H groups in total. The fraction of sp³-hybridized carbons (Fsp3) is 0.556. The Morgan fingerprint density at radius 1 is 1.32 bits per heavy atom. The van der Waals surface area contributed by atoms with Crippen LogP contribution in [0.1, 0.15) is 43.4 Å². The molecule has 2 fully saturated rings. The number of nitrogens with zero attached hydrogens (tertiary/aromatic N) is 3. The lowest BCUT2D eigenvalue weighted by Gasteiger charge is -2.31. The molecule has 2 atom stereocenters. The fourth-order valence-electron chi connectivity index (χ4n) is 4.26. The third-order valence-electron chi connectivity index (χ3n) is 5.39. The molecule has 0 bridgehead atoms. The van der Waals surface area contributed by atoms with Crippen LogP contribution in [0.5, 0.6) is 0 Å². The van der Waals surface area contributed by atoms with Crippen LogP contribution in [0.3, 0.4) is 0 Å². The molecule has 0 radical (unpaired) electrons. The van der Waals surface area contributed by atoms with E-state index < -0.39 is 0 Å². The summed E-state index contributed by atoms with van der Waals surface area (Å²) >= 11 is 0. The Labute approximate surface area is 131 Å². The Morgan fingerprint density at radius 2 is 2.18 bits per heavy atom. The standard InChI is InChI=1S/C18H23N3O/c1-13-5-4-9-20-12-15(19-18(13)20)11-17(22)21-10-8-14-6-2-3-7-16(14)21/h4-5,9,12,14,16H,2-3,6-8,10-11H2,1H3/t14-,16-/m1/s1. The second-order valence-corrected chi connectivity index (χ2v) is 6.82. The van der Waals surface area contributed by atoms with Crippen LogP contribution < -0.4 is 0 Å². The van der Waals surface area contributed by atoms with Crippen molar-refractivity contribution in [2.45, 2.75) is 51.5 Å². The van der Waals surface area contributed by atoms with E-state index in [0.717, 1.165) is 29.4 Å². The summed E-state index contributed by atoms with van der Waals surface area (Å²) in [6, 6.07) is 4.57. The lowest BCUT2D eigenvalue weighted by Crippen LogP contribution is -2.40. The van der Waals surface area contributed by atoms with Crippen molar-refractivity contribution in [3.05, 3.63) is 35.8 Å². The van der Waals surface area contributed by atoms with E-state index in [0.29, 0.717) is 12.5 Å². The van der Waals surface area contributed by atoms with Gasteiger partial charge >= 0.3 is 0 Å². The van der Waals surface area contributed by atoms with Gasteiger partial charge in [0.25, 0.3) is 0 Å². The van der Waals surface area contributed by atoms with Crippen molar-refractivity contribution in [3.8, 4) is 0 Å². The first kappa shape index (κ1) is 13.8. The van der Waals surface area contributed by atoms with Gasteiger partial charge in [-0.25, -0.2) is 4.98 Å². The highest BCUT2D eigenvalue weighted by atomic mass is 16.2. The number of carbonyl (C=O) groups excluding carboxylic acids is 1. The molecule has 4 nitrogen and oxygen atoms in total. The molecule has 4 rings (SSSR count). The predicted molar refractivity (Wildman–Crippen MR) is 85.7 cm³/mol. The average Bonchev–Trinajstić information content (AvgIpc) is 3.11. The van der Waals surface area contributed by atoms with Gasteiger partial charge in [-0.2, -0.15) is 0 Å². The lowest BCUT2D eigenvalue weighted by atomic mass is 9.85. The van der Waals surface area contributed by atoms with Gasteiger partial charge in [0.05, 0.1) is 12.1 Å². The van der Waals surface area contributed by atoms with E-state index in [4.69, 9.17) is 0 Å². The molecule has 2 aromatic rings. The van der Waals surface area contributed by atoms with E-state index in [1.54, 1.807) is 0 Å². The summed E-state index contributed by atoms with van der Waals surface area (Å²) in [5, 5.41) is 0. The minimum absolute atomic E-state index is 0.260. The molecule has 116 valence electrons. The van der Waals surface area contributed by atoms with Crippen LogP contribution in [0, 0.1) is 12.8 Å². The summed E-state index contributed by atoms with van der Waals surface area (Å²) in [6.07, 6.45) is 10.7. The van der Waals surface area contributed by atoms with Crippen molar-refractivity contribution in [1.82, 2.24) is 14.3 Å². The molecule has 3 heterocycles. The largest absolute Gasteiger partial charge is 0.339 e. The van der Waals surface area contributed by atoms with E-state index in [1.807, 2.05) is 22.9 Å². The minimum atomic E-state index is 0.260. The first-order valence-corrected chi connectivity index (χ1v) is 8.45. The molecule has 4 heteroatoms. The Balaban J connectivity index is 1.52. The first-order valence-electron chi connectivity index (χ1n) is 8.45. The van der Waals surface area contributed by atoms with E-state index in [2.05, 4.69) is 22.9 Å². The Kier molecular flexibility index (Phi) is 3.40. The van der Waals surface area contributed by atoms with Crippen molar-refractivity contribution in [3.63, 3.8) is 0 Å². The summed E-state index contributed by atoms with van der Waals surface area (Å²) in [5.41, 5.74) is 3.00. The SMILES string of the molecule is Cc1cccn2cc(CC(=O)N3CC[C@H]4CCCC[C@H]43)nc12. The minimum Gasteiger partial charge on any atom is -0.339 e. The monoisotopic (exact) mass is 297 g/mol. The van der Waals surface area contributed by atoms with Gasteiger partial charge in [0.15, 0.2) is 0 Å². The van der Waals surface area contributed by atoms with E-state index in [-0.39, 0.29) is 5.91 Å². The van der Waals surface area contributed by atoms with Crippen LogP contribution >= 0.6 is 0 Å². The van der Waals surface area contributed by atoms with Crippen molar-refractivity contribution < 1.29 is 4.79 Å². The van der Waals surface area contributed by atoms with E-state index in [1.165, 1.54) is 32.1 Å². The Morgan fingerprint density at radius 3 is 3.05 bits per heavy atom. The Bertz CT molecular complexity index is 705. The quantitative estimate of drug-likeness (QED) is 0.854. The topological polar surface area (TPSA) is 37.6 Å². The maximum Gasteiger partial charge on any atom is 0.228 e. The van der Waals surface area contributed by atoms with Gasteiger partial charge in [-0.3, -0.25) is 4.79 Å². The number of likely N-dealkylation sites (tertiary alicyclic amines) is 1. The predicted octanol–water partition coefficient (Wildman–Crippen LogP) is 2.98. The molecule has 2 aliphatic rings. The number of fused-ring (bicyclic) bond motifs is 2. The highest BCUT2D eigenvalue weighted by molar-refractivity contribution is 5.79. The van der Waals surface area contributed by atoms with Gasteiger partial charge in [0.1, 0.15) is 5.65 Å². The smallest absolute Gasteiger partial charge is 0.228 e. The molecule has 0 spiro atoms. The number of carbonyl (C=O) groups is 1. The van der Waals surface area contributed by atoms with Crippen molar-refractivity contribution >= 4 is 11.6 Å². The van der Waals surface area contributed by atoms with Crippen molar-refractivity contribution in [1.29, 1.82) is 0 Å².